The number of carboxylic acids is 1. The molecule has 0 saturated carbocycles. The largest absolute Gasteiger partial charge is 0.480 e. The lowest BCUT2D eigenvalue weighted by Gasteiger charge is -2.24. The zero-order valence-corrected chi connectivity index (χ0v) is 14.0. The summed E-state index contributed by atoms with van der Waals surface area (Å²) in [4.78, 5) is 35.6. The van der Waals surface area contributed by atoms with Crippen molar-refractivity contribution in [1.29, 1.82) is 0 Å². The van der Waals surface area contributed by atoms with Crippen molar-refractivity contribution in [2.24, 2.45) is 5.10 Å². The number of benzene rings is 1. The quantitative estimate of drug-likeness (QED) is 0.736. The van der Waals surface area contributed by atoms with Gasteiger partial charge in [-0.1, -0.05) is 42.5 Å². The average Bonchev–Trinajstić information content (AvgIpc) is 2.61. The number of allylic oxidation sites excluding steroid dienone is 1. The molecule has 7 heteroatoms. The van der Waals surface area contributed by atoms with Crippen molar-refractivity contribution in [3.63, 3.8) is 0 Å². The Morgan fingerprint density at radius 2 is 2.04 bits per heavy atom. The molecule has 2 amide bonds. The second-order valence-corrected chi connectivity index (χ2v) is 5.65. The van der Waals surface area contributed by atoms with E-state index in [9.17, 15) is 19.5 Å². The maximum absolute atomic E-state index is 12.3. The van der Waals surface area contributed by atoms with Crippen LogP contribution < -0.4 is 5.32 Å². The Hall–Kier alpha value is -2.96. The van der Waals surface area contributed by atoms with Crippen molar-refractivity contribution in [2.45, 2.75) is 38.8 Å². The number of carbonyl (C=O) groups excluding carboxylic acids is 2. The van der Waals surface area contributed by atoms with E-state index in [2.05, 4.69) is 10.4 Å². The predicted molar refractivity (Wildman–Crippen MR) is 92.7 cm³/mol. The van der Waals surface area contributed by atoms with Crippen molar-refractivity contribution in [3.8, 4) is 0 Å². The molecule has 0 fully saturated rings. The second-order valence-electron chi connectivity index (χ2n) is 5.65. The van der Waals surface area contributed by atoms with E-state index < -0.39 is 17.9 Å². The highest BCUT2D eigenvalue weighted by atomic mass is 16.4. The lowest BCUT2D eigenvalue weighted by atomic mass is 10.1. The first-order chi connectivity index (χ1) is 12.0. The maximum atomic E-state index is 12.3. The Labute approximate surface area is 146 Å². The van der Waals surface area contributed by atoms with Gasteiger partial charge in [-0.2, -0.15) is 5.10 Å². The van der Waals surface area contributed by atoms with Crippen LogP contribution >= 0.6 is 0 Å². The minimum atomic E-state index is -1.11. The van der Waals surface area contributed by atoms with Gasteiger partial charge in [0.25, 0.3) is 5.91 Å². The number of hydrogen-bond acceptors (Lipinski definition) is 4. The molecule has 0 aromatic heterocycles. The van der Waals surface area contributed by atoms with Gasteiger partial charge in [-0.3, -0.25) is 9.59 Å². The standard InChI is InChI=1S/C18H21N3O4/c1-2-3-9-15(18(24)25)19-17(23)14-10-11-16(22)21(20-14)12-13-7-5-4-6-8-13/h2-8,15H,9-12H2,1H3,(H,19,23)(H,24,25)/b3-2+. The van der Waals surface area contributed by atoms with Gasteiger partial charge in [-0.15, -0.1) is 0 Å². The molecule has 1 aromatic rings. The summed E-state index contributed by atoms with van der Waals surface area (Å²) < 4.78 is 0. The highest BCUT2D eigenvalue weighted by Gasteiger charge is 2.27. The van der Waals surface area contributed by atoms with E-state index in [4.69, 9.17) is 0 Å². The monoisotopic (exact) mass is 343 g/mol. The molecule has 0 spiro atoms. The molecular weight excluding hydrogens is 322 g/mol. The minimum Gasteiger partial charge on any atom is -0.480 e. The summed E-state index contributed by atoms with van der Waals surface area (Å²) in [6, 6.07) is 8.32. The summed E-state index contributed by atoms with van der Waals surface area (Å²) in [6.07, 6.45) is 3.96. The summed E-state index contributed by atoms with van der Waals surface area (Å²) in [5, 5.41) is 17.0. The van der Waals surface area contributed by atoms with Gasteiger partial charge in [-0.05, 0) is 18.9 Å². The van der Waals surface area contributed by atoms with Gasteiger partial charge in [-0.25, -0.2) is 9.80 Å². The molecular formula is C18H21N3O4. The minimum absolute atomic E-state index is 0.163. The fourth-order valence-electron chi connectivity index (χ4n) is 2.38. The van der Waals surface area contributed by atoms with Crippen molar-refractivity contribution in [3.05, 3.63) is 48.0 Å². The molecule has 1 aliphatic rings. The summed E-state index contributed by atoms with van der Waals surface area (Å²) >= 11 is 0. The summed E-state index contributed by atoms with van der Waals surface area (Å²) in [6.45, 7) is 2.05. The molecule has 0 bridgehead atoms. The molecule has 1 unspecified atom stereocenters. The molecule has 25 heavy (non-hydrogen) atoms. The first kappa shape index (κ1) is 18.4. The Morgan fingerprint density at radius 1 is 1.32 bits per heavy atom. The molecule has 1 atom stereocenters. The zero-order valence-electron chi connectivity index (χ0n) is 14.0. The van der Waals surface area contributed by atoms with Crippen LogP contribution in [0.3, 0.4) is 0 Å². The lowest BCUT2D eigenvalue weighted by Crippen LogP contribution is -2.45. The van der Waals surface area contributed by atoms with Gasteiger partial charge in [0.1, 0.15) is 11.8 Å². The molecule has 7 nitrogen and oxygen atoms in total. The second kappa shape index (κ2) is 8.77. The molecule has 1 aliphatic heterocycles. The first-order valence-electron chi connectivity index (χ1n) is 8.08. The number of hydrogen-bond donors (Lipinski definition) is 2. The van der Waals surface area contributed by atoms with Crippen molar-refractivity contribution < 1.29 is 19.5 Å². The molecule has 1 heterocycles. The highest BCUT2D eigenvalue weighted by Crippen LogP contribution is 2.14. The first-order valence-corrected chi connectivity index (χ1v) is 8.08. The Morgan fingerprint density at radius 3 is 2.68 bits per heavy atom. The van der Waals surface area contributed by atoms with Gasteiger partial charge in [0.2, 0.25) is 5.91 Å². The van der Waals surface area contributed by atoms with E-state index in [0.29, 0.717) is 0 Å². The fourth-order valence-corrected chi connectivity index (χ4v) is 2.38. The van der Waals surface area contributed by atoms with E-state index in [1.165, 1.54) is 5.01 Å². The number of rotatable bonds is 7. The van der Waals surface area contributed by atoms with E-state index in [1.807, 2.05) is 30.3 Å². The van der Waals surface area contributed by atoms with Crippen LogP contribution in [-0.4, -0.2) is 39.7 Å². The maximum Gasteiger partial charge on any atom is 0.326 e. The zero-order chi connectivity index (χ0) is 18.2. The number of aliphatic carboxylic acids is 1. The van der Waals surface area contributed by atoms with Crippen LogP contribution in [0.25, 0.3) is 0 Å². The van der Waals surface area contributed by atoms with Crippen LogP contribution in [0.15, 0.2) is 47.6 Å². The molecule has 2 rings (SSSR count). The van der Waals surface area contributed by atoms with E-state index in [1.54, 1.807) is 19.1 Å². The third-order valence-electron chi connectivity index (χ3n) is 3.75. The molecule has 1 aromatic carbocycles. The average molecular weight is 343 g/mol. The molecule has 0 aliphatic carbocycles. The number of carbonyl (C=O) groups is 3. The number of nitrogens with zero attached hydrogens (tertiary/aromatic N) is 2. The van der Waals surface area contributed by atoms with E-state index in [-0.39, 0.29) is 37.4 Å². The molecule has 2 N–H and O–H groups in total. The Balaban J connectivity index is 2.08. The summed E-state index contributed by atoms with van der Waals surface area (Å²) in [7, 11) is 0. The van der Waals surface area contributed by atoms with Crippen LogP contribution in [0.5, 0.6) is 0 Å². The Kier molecular flexibility index (Phi) is 6.45. The third kappa shape index (κ3) is 5.27. The molecule has 0 radical (unpaired) electrons. The van der Waals surface area contributed by atoms with E-state index in [0.717, 1.165) is 5.56 Å². The fraction of sp³-hybridized carbons (Fsp3) is 0.333. The van der Waals surface area contributed by atoms with Crippen LogP contribution in [0, 0.1) is 0 Å². The smallest absolute Gasteiger partial charge is 0.326 e. The van der Waals surface area contributed by atoms with Crippen molar-refractivity contribution >= 4 is 23.5 Å². The van der Waals surface area contributed by atoms with Gasteiger partial charge in [0.15, 0.2) is 0 Å². The summed E-state index contributed by atoms with van der Waals surface area (Å²) in [5.41, 5.74) is 1.07. The van der Waals surface area contributed by atoms with Crippen LogP contribution in [0.1, 0.15) is 31.7 Å². The number of amides is 2. The number of carboxylic acid groups (broad SMARTS) is 1. The van der Waals surface area contributed by atoms with Crippen LogP contribution in [0.2, 0.25) is 0 Å². The molecule has 0 saturated heterocycles. The highest BCUT2D eigenvalue weighted by molar-refractivity contribution is 6.39. The predicted octanol–water partition coefficient (Wildman–Crippen LogP) is 1.70. The SMILES string of the molecule is C/C=C/CC(NC(=O)C1=NN(Cc2ccccc2)C(=O)CC1)C(=O)O. The Bertz CT molecular complexity index is 698. The normalized spacial score (nSPS) is 15.8. The lowest BCUT2D eigenvalue weighted by molar-refractivity contribution is -0.141. The number of nitrogens with one attached hydrogen (secondary N) is 1. The van der Waals surface area contributed by atoms with Gasteiger partial charge in [0.05, 0.1) is 6.54 Å². The molecule has 132 valence electrons. The van der Waals surface area contributed by atoms with Crippen molar-refractivity contribution in [1.82, 2.24) is 10.3 Å². The van der Waals surface area contributed by atoms with Gasteiger partial charge < -0.3 is 10.4 Å². The van der Waals surface area contributed by atoms with Gasteiger partial charge in [0, 0.05) is 12.8 Å². The van der Waals surface area contributed by atoms with Crippen LogP contribution in [0.4, 0.5) is 0 Å². The van der Waals surface area contributed by atoms with Crippen molar-refractivity contribution in [2.75, 3.05) is 0 Å². The third-order valence-corrected chi connectivity index (χ3v) is 3.75. The van der Waals surface area contributed by atoms with E-state index >= 15 is 0 Å². The number of hydrazone groups is 1. The summed E-state index contributed by atoms with van der Waals surface area (Å²) in [5.74, 6) is -1.83. The van der Waals surface area contributed by atoms with Gasteiger partial charge >= 0.3 is 5.97 Å². The van der Waals surface area contributed by atoms with Crippen LogP contribution in [-0.2, 0) is 20.9 Å². The topological polar surface area (TPSA) is 99.1 Å².